The lowest BCUT2D eigenvalue weighted by molar-refractivity contribution is -0.132. The number of carbonyl (C=O) groups excluding carboxylic acids is 1. The molecule has 0 saturated carbocycles. The highest BCUT2D eigenvalue weighted by atomic mass is 32.2. The highest BCUT2D eigenvalue weighted by molar-refractivity contribution is 7.89. The highest BCUT2D eigenvalue weighted by Gasteiger charge is 2.29. The van der Waals surface area contributed by atoms with Crippen molar-refractivity contribution in [1.82, 2.24) is 14.1 Å². The van der Waals surface area contributed by atoms with Crippen LogP contribution in [0.1, 0.15) is 18.9 Å². The maximum absolute atomic E-state index is 12.7. The monoisotopic (exact) mass is 353 g/mol. The number of hydrogen-bond donors (Lipinski definition) is 0. The predicted octanol–water partition coefficient (Wildman–Crippen LogP) is 1.03. The summed E-state index contributed by atoms with van der Waals surface area (Å²) in [4.78, 5) is 16.2. The first-order valence-electron chi connectivity index (χ1n) is 8.36. The lowest BCUT2D eigenvalue weighted by atomic mass is 10.2. The van der Waals surface area contributed by atoms with E-state index in [0.717, 1.165) is 12.0 Å². The molecule has 0 N–H and O–H groups in total. The predicted molar refractivity (Wildman–Crippen MR) is 94.3 cm³/mol. The molecule has 24 heavy (non-hydrogen) atoms. The molecular weight excluding hydrogens is 326 g/mol. The van der Waals surface area contributed by atoms with Crippen molar-refractivity contribution in [2.45, 2.75) is 24.7 Å². The van der Waals surface area contributed by atoms with E-state index in [1.165, 1.54) is 4.31 Å². The van der Waals surface area contributed by atoms with E-state index in [2.05, 4.69) is 0 Å². The Kier molecular flexibility index (Phi) is 6.37. The van der Waals surface area contributed by atoms with Crippen molar-refractivity contribution in [1.29, 1.82) is 0 Å². The number of aryl methyl sites for hydroxylation is 1. The molecule has 7 heteroatoms. The first-order valence-corrected chi connectivity index (χ1v) is 9.80. The van der Waals surface area contributed by atoms with E-state index < -0.39 is 10.0 Å². The van der Waals surface area contributed by atoms with E-state index in [1.54, 1.807) is 17.0 Å². The Hall–Kier alpha value is -1.44. The molecule has 1 heterocycles. The smallest absolute Gasteiger partial charge is 0.243 e. The first-order chi connectivity index (χ1) is 11.3. The van der Waals surface area contributed by atoms with Gasteiger partial charge in [-0.25, -0.2) is 8.42 Å². The third-order valence-corrected chi connectivity index (χ3v) is 6.25. The van der Waals surface area contributed by atoms with Crippen LogP contribution in [-0.2, 0) is 21.2 Å². The number of nitrogens with zero attached hydrogens (tertiary/aromatic N) is 3. The Balaban J connectivity index is 1.96. The van der Waals surface area contributed by atoms with Crippen LogP contribution in [0.25, 0.3) is 0 Å². The van der Waals surface area contributed by atoms with Gasteiger partial charge in [-0.05, 0) is 38.2 Å². The van der Waals surface area contributed by atoms with Gasteiger partial charge >= 0.3 is 0 Å². The number of carbonyl (C=O) groups is 1. The summed E-state index contributed by atoms with van der Waals surface area (Å²) in [6, 6.07) is 7.05. The molecule has 0 atom stereocenters. The molecule has 6 nitrogen and oxygen atoms in total. The average Bonchev–Trinajstić information content (AvgIpc) is 2.59. The van der Waals surface area contributed by atoms with E-state index in [0.29, 0.717) is 44.0 Å². The fourth-order valence-corrected chi connectivity index (χ4v) is 4.12. The molecule has 1 aliphatic heterocycles. The minimum Gasteiger partial charge on any atom is -0.340 e. The van der Waals surface area contributed by atoms with Gasteiger partial charge in [0.05, 0.1) is 4.90 Å². The van der Waals surface area contributed by atoms with Crippen molar-refractivity contribution in [2.75, 3.05) is 46.8 Å². The minimum atomic E-state index is -3.47. The first kappa shape index (κ1) is 18.9. The number of piperazine rings is 1. The van der Waals surface area contributed by atoms with Crippen molar-refractivity contribution >= 4 is 15.9 Å². The van der Waals surface area contributed by atoms with Crippen LogP contribution in [0.2, 0.25) is 0 Å². The van der Waals surface area contributed by atoms with Gasteiger partial charge in [0, 0.05) is 39.1 Å². The topological polar surface area (TPSA) is 60.9 Å². The molecule has 0 bridgehead atoms. The normalized spacial score (nSPS) is 16.6. The molecule has 0 aromatic heterocycles. The SMILES string of the molecule is CCc1ccc(S(=O)(=O)N2CCN(C(=O)CCN(C)C)CC2)cc1. The molecule has 1 saturated heterocycles. The fraction of sp³-hybridized carbons (Fsp3) is 0.588. The van der Waals surface area contributed by atoms with Crippen LogP contribution in [-0.4, -0.2) is 75.2 Å². The Morgan fingerprint density at radius 1 is 1.08 bits per heavy atom. The van der Waals surface area contributed by atoms with Crippen LogP contribution in [0.3, 0.4) is 0 Å². The van der Waals surface area contributed by atoms with E-state index in [4.69, 9.17) is 0 Å². The minimum absolute atomic E-state index is 0.0908. The Labute approximate surface area is 145 Å². The van der Waals surface area contributed by atoms with Gasteiger partial charge in [0.15, 0.2) is 0 Å². The molecule has 0 spiro atoms. The second-order valence-corrected chi connectivity index (χ2v) is 8.27. The van der Waals surface area contributed by atoms with E-state index in [9.17, 15) is 13.2 Å². The van der Waals surface area contributed by atoms with Gasteiger partial charge in [-0.3, -0.25) is 4.79 Å². The van der Waals surface area contributed by atoms with Crippen molar-refractivity contribution in [3.05, 3.63) is 29.8 Å². The summed E-state index contributed by atoms with van der Waals surface area (Å²) in [5.74, 6) is 0.0908. The zero-order valence-corrected chi connectivity index (χ0v) is 15.6. The summed E-state index contributed by atoms with van der Waals surface area (Å²) >= 11 is 0. The van der Waals surface area contributed by atoms with Crippen LogP contribution in [0.15, 0.2) is 29.2 Å². The maximum atomic E-state index is 12.7. The summed E-state index contributed by atoms with van der Waals surface area (Å²) in [5.41, 5.74) is 1.12. The van der Waals surface area contributed by atoms with Gasteiger partial charge in [-0.2, -0.15) is 4.31 Å². The van der Waals surface area contributed by atoms with E-state index >= 15 is 0 Å². The summed E-state index contributed by atoms with van der Waals surface area (Å²) in [6.45, 7) is 4.37. The summed E-state index contributed by atoms with van der Waals surface area (Å²) in [7, 11) is 0.390. The number of sulfonamides is 1. The van der Waals surface area contributed by atoms with Crippen molar-refractivity contribution in [3.63, 3.8) is 0 Å². The number of benzene rings is 1. The molecule has 1 aromatic carbocycles. The molecule has 1 aliphatic rings. The van der Waals surface area contributed by atoms with Gasteiger partial charge in [0.2, 0.25) is 15.9 Å². The molecule has 0 aliphatic carbocycles. The molecule has 1 amide bonds. The Morgan fingerprint density at radius 3 is 2.17 bits per heavy atom. The van der Waals surface area contributed by atoms with Crippen LogP contribution in [0.4, 0.5) is 0 Å². The highest BCUT2D eigenvalue weighted by Crippen LogP contribution is 2.18. The Bertz CT molecular complexity index is 648. The molecule has 0 unspecified atom stereocenters. The summed E-state index contributed by atoms with van der Waals surface area (Å²) < 4.78 is 26.9. The lowest BCUT2D eigenvalue weighted by Gasteiger charge is -2.34. The third-order valence-electron chi connectivity index (χ3n) is 4.33. The zero-order valence-electron chi connectivity index (χ0n) is 14.7. The number of hydrogen-bond acceptors (Lipinski definition) is 4. The van der Waals surface area contributed by atoms with Gasteiger partial charge in [0.25, 0.3) is 0 Å². The standard InChI is InChI=1S/C17H27N3O3S/c1-4-15-5-7-16(8-6-15)24(22,23)20-13-11-19(12-14-20)17(21)9-10-18(2)3/h5-8H,4,9-14H2,1-3H3. The van der Waals surface area contributed by atoms with Gasteiger partial charge in [0.1, 0.15) is 0 Å². The quantitative estimate of drug-likeness (QED) is 0.766. The molecule has 1 fully saturated rings. The average molecular weight is 353 g/mol. The van der Waals surface area contributed by atoms with Crippen LogP contribution >= 0.6 is 0 Å². The Morgan fingerprint density at radius 2 is 1.67 bits per heavy atom. The molecule has 134 valence electrons. The summed E-state index contributed by atoms with van der Waals surface area (Å²) in [5, 5.41) is 0. The van der Waals surface area contributed by atoms with E-state index in [-0.39, 0.29) is 5.91 Å². The van der Waals surface area contributed by atoms with Gasteiger partial charge < -0.3 is 9.80 Å². The molecule has 1 aromatic rings. The van der Waals surface area contributed by atoms with Gasteiger partial charge in [-0.15, -0.1) is 0 Å². The second-order valence-electron chi connectivity index (χ2n) is 6.34. The van der Waals surface area contributed by atoms with E-state index in [1.807, 2.05) is 38.1 Å². The largest absolute Gasteiger partial charge is 0.340 e. The zero-order chi connectivity index (χ0) is 17.7. The third kappa shape index (κ3) is 4.55. The van der Waals surface area contributed by atoms with Crippen LogP contribution in [0.5, 0.6) is 0 Å². The van der Waals surface area contributed by atoms with Crippen molar-refractivity contribution in [2.24, 2.45) is 0 Å². The van der Waals surface area contributed by atoms with Crippen molar-refractivity contribution in [3.8, 4) is 0 Å². The number of amides is 1. The lowest BCUT2D eigenvalue weighted by Crippen LogP contribution is -2.50. The molecular formula is C17H27N3O3S. The van der Waals surface area contributed by atoms with Crippen molar-refractivity contribution < 1.29 is 13.2 Å². The van der Waals surface area contributed by atoms with Crippen LogP contribution in [0, 0.1) is 0 Å². The summed E-state index contributed by atoms with van der Waals surface area (Å²) in [6.07, 6.45) is 1.35. The second kappa shape index (κ2) is 8.09. The number of rotatable bonds is 6. The van der Waals surface area contributed by atoms with Gasteiger partial charge in [-0.1, -0.05) is 19.1 Å². The molecule has 0 radical (unpaired) electrons. The van der Waals surface area contributed by atoms with Crippen LogP contribution < -0.4 is 0 Å². The molecule has 2 rings (SSSR count). The fourth-order valence-electron chi connectivity index (χ4n) is 2.70. The maximum Gasteiger partial charge on any atom is 0.243 e.